The highest BCUT2D eigenvalue weighted by atomic mass is 32.2. The Morgan fingerprint density at radius 3 is 3.00 bits per heavy atom. The highest BCUT2D eigenvalue weighted by Gasteiger charge is 2.03. The number of nitrogens with zero attached hydrogens (tertiary/aromatic N) is 1. The summed E-state index contributed by atoms with van der Waals surface area (Å²) in [6.07, 6.45) is 0. The van der Waals surface area contributed by atoms with E-state index in [9.17, 15) is 8.76 Å². The molecule has 0 aliphatic heterocycles. The summed E-state index contributed by atoms with van der Waals surface area (Å²) in [5.41, 5.74) is 0.585. The minimum atomic E-state index is -2.29. The number of aromatic nitrogens is 1. The lowest BCUT2D eigenvalue weighted by Gasteiger charge is -1.95. The van der Waals surface area contributed by atoms with Gasteiger partial charge in [-0.05, 0) is 18.2 Å². The molecule has 1 heterocycles. The molecule has 0 aliphatic rings. The van der Waals surface area contributed by atoms with E-state index < -0.39 is 11.1 Å². The average Bonchev–Trinajstić information content (AvgIpc) is 2.46. The summed E-state index contributed by atoms with van der Waals surface area (Å²) in [7, 11) is 0. The van der Waals surface area contributed by atoms with Crippen molar-refractivity contribution in [2.24, 2.45) is 0 Å². The minimum Gasteiger partial charge on any atom is -0.767 e. The minimum absolute atomic E-state index is 0.0422. The predicted molar refractivity (Wildman–Crippen MR) is 48.5 cm³/mol. The standard InChI is InChI=1S/C7H5NO3S2/c9-4-1-2-5-6(3-4)12-7(8-5)13(10)11/h1-3,9H,(H,10,11)/p-1. The smallest absolute Gasteiger partial charge is 0.168 e. The van der Waals surface area contributed by atoms with E-state index in [-0.39, 0.29) is 10.1 Å². The molecule has 1 aromatic carbocycles. The van der Waals surface area contributed by atoms with Gasteiger partial charge in [0.05, 0.1) is 10.2 Å². The number of rotatable bonds is 1. The normalized spacial score (nSPS) is 13.3. The largest absolute Gasteiger partial charge is 0.767 e. The Labute approximate surface area is 80.1 Å². The lowest BCUT2D eigenvalue weighted by atomic mass is 10.3. The number of phenolic OH excluding ortho intramolecular Hbond substituents is 1. The number of thiazole rings is 1. The summed E-state index contributed by atoms with van der Waals surface area (Å²) >= 11 is -1.26. The zero-order valence-electron chi connectivity index (χ0n) is 6.26. The molecule has 0 saturated carbocycles. The van der Waals surface area contributed by atoms with Gasteiger partial charge in [-0.25, -0.2) is 4.98 Å². The maximum Gasteiger partial charge on any atom is 0.168 e. The van der Waals surface area contributed by atoms with Crippen molar-refractivity contribution in [2.45, 2.75) is 4.34 Å². The zero-order valence-corrected chi connectivity index (χ0v) is 7.89. The molecule has 0 amide bonds. The van der Waals surface area contributed by atoms with Crippen molar-refractivity contribution in [3.63, 3.8) is 0 Å². The number of phenols is 1. The molecule has 1 N–H and O–H groups in total. The van der Waals surface area contributed by atoms with E-state index in [1.807, 2.05) is 0 Å². The number of hydrogen-bond donors (Lipinski definition) is 1. The van der Waals surface area contributed by atoms with Crippen molar-refractivity contribution >= 4 is 32.6 Å². The van der Waals surface area contributed by atoms with E-state index >= 15 is 0 Å². The highest BCUT2D eigenvalue weighted by molar-refractivity contribution is 7.81. The third kappa shape index (κ3) is 1.55. The van der Waals surface area contributed by atoms with Crippen LogP contribution in [0.5, 0.6) is 5.75 Å². The summed E-state index contributed by atoms with van der Waals surface area (Å²) < 4.78 is 21.8. The van der Waals surface area contributed by atoms with E-state index in [1.54, 1.807) is 6.07 Å². The quantitative estimate of drug-likeness (QED) is 0.725. The fraction of sp³-hybridized carbons (Fsp3) is 0. The second-order valence-electron chi connectivity index (χ2n) is 2.37. The Kier molecular flexibility index (Phi) is 2.03. The summed E-state index contributed by atoms with van der Waals surface area (Å²) in [5, 5.41) is 9.10. The molecule has 1 unspecified atom stereocenters. The molecule has 0 fully saturated rings. The van der Waals surface area contributed by atoms with Crippen molar-refractivity contribution < 1.29 is 13.9 Å². The Hall–Kier alpha value is -0.980. The Bertz CT molecular complexity index is 480. The van der Waals surface area contributed by atoms with Gasteiger partial charge in [0.1, 0.15) is 5.75 Å². The van der Waals surface area contributed by atoms with Gasteiger partial charge in [-0.1, -0.05) is 0 Å². The molecular formula is C7H4NO3S2-. The number of hydrogen-bond acceptors (Lipinski definition) is 5. The van der Waals surface area contributed by atoms with Crippen molar-refractivity contribution in [3.8, 4) is 5.75 Å². The van der Waals surface area contributed by atoms with Crippen LogP contribution < -0.4 is 0 Å². The van der Waals surface area contributed by atoms with Crippen LogP contribution in [0.4, 0.5) is 0 Å². The molecule has 4 nitrogen and oxygen atoms in total. The van der Waals surface area contributed by atoms with Crippen molar-refractivity contribution in [2.75, 3.05) is 0 Å². The monoisotopic (exact) mass is 214 g/mol. The lowest BCUT2D eigenvalue weighted by molar-refractivity contribution is 0.476. The topological polar surface area (TPSA) is 73.2 Å². The molecule has 0 saturated heterocycles. The molecule has 13 heavy (non-hydrogen) atoms. The first kappa shape index (κ1) is 8.61. The van der Waals surface area contributed by atoms with Gasteiger partial charge in [0.15, 0.2) is 4.34 Å². The summed E-state index contributed by atoms with van der Waals surface area (Å²) in [5.74, 6) is 0.111. The van der Waals surface area contributed by atoms with Crippen LogP contribution in [-0.4, -0.2) is 18.9 Å². The molecular weight excluding hydrogens is 210 g/mol. The lowest BCUT2D eigenvalue weighted by Crippen LogP contribution is -1.84. The van der Waals surface area contributed by atoms with Crippen LogP contribution in [0, 0.1) is 0 Å². The van der Waals surface area contributed by atoms with Crippen molar-refractivity contribution in [1.82, 2.24) is 4.98 Å². The molecule has 68 valence electrons. The second-order valence-corrected chi connectivity index (χ2v) is 4.51. The van der Waals surface area contributed by atoms with Crippen LogP contribution >= 0.6 is 11.3 Å². The third-order valence-electron chi connectivity index (χ3n) is 1.49. The van der Waals surface area contributed by atoms with Crippen LogP contribution in [0.3, 0.4) is 0 Å². The second kappa shape index (κ2) is 3.06. The highest BCUT2D eigenvalue weighted by Crippen LogP contribution is 2.26. The van der Waals surface area contributed by atoms with E-state index in [0.29, 0.717) is 10.2 Å². The summed E-state index contributed by atoms with van der Waals surface area (Å²) in [6.45, 7) is 0. The molecule has 2 aromatic rings. The Balaban J connectivity index is 2.68. The van der Waals surface area contributed by atoms with Gasteiger partial charge in [-0.15, -0.1) is 11.3 Å². The fourth-order valence-corrected chi connectivity index (χ4v) is 2.41. The van der Waals surface area contributed by atoms with Gasteiger partial charge in [-0.3, -0.25) is 4.21 Å². The van der Waals surface area contributed by atoms with E-state index in [0.717, 1.165) is 11.3 Å². The molecule has 0 radical (unpaired) electrons. The van der Waals surface area contributed by atoms with Gasteiger partial charge in [0.2, 0.25) is 0 Å². The molecule has 0 spiro atoms. The third-order valence-corrected chi connectivity index (χ3v) is 3.34. The van der Waals surface area contributed by atoms with E-state index in [2.05, 4.69) is 4.98 Å². The maximum absolute atomic E-state index is 10.5. The number of aromatic hydroxyl groups is 1. The zero-order chi connectivity index (χ0) is 9.42. The van der Waals surface area contributed by atoms with Crippen LogP contribution in [0.15, 0.2) is 22.5 Å². The first-order valence-electron chi connectivity index (χ1n) is 3.35. The Morgan fingerprint density at radius 2 is 2.31 bits per heavy atom. The number of fused-ring (bicyclic) bond motifs is 1. The molecule has 6 heteroatoms. The van der Waals surface area contributed by atoms with Crippen molar-refractivity contribution in [1.29, 1.82) is 0 Å². The first-order valence-corrected chi connectivity index (χ1v) is 5.25. The molecule has 2 rings (SSSR count). The fourth-order valence-electron chi connectivity index (χ4n) is 0.963. The van der Waals surface area contributed by atoms with Gasteiger partial charge in [0, 0.05) is 11.1 Å². The average molecular weight is 214 g/mol. The summed E-state index contributed by atoms with van der Waals surface area (Å²) in [4.78, 5) is 3.85. The van der Waals surface area contributed by atoms with Crippen LogP contribution in [0.25, 0.3) is 10.2 Å². The van der Waals surface area contributed by atoms with E-state index in [4.69, 9.17) is 5.11 Å². The predicted octanol–water partition coefficient (Wildman–Crippen LogP) is 1.24. The van der Waals surface area contributed by atoms with Crippen LogP contribution in [-0.2, 0) is 11.1 Å². The molecule has 0 bridgehead atoms. The van der Waals surface area contributed by atoms with Gasteiger partial charge in [-0.2, -0.15) is 0 Å². The van der Waals surface area contributed by atoms with E-state index in [1.165, 1.54) is 12.1 Å². The first-order chi connectivity index (χ1) is 6.16. The van der Waals surface area contributed by atoms with Gasteiger partial charge in [0.25, 0.3) is 0 Å². The molecule has 0 aliphatic carbocycles. The van der Waals surface area contributed by atoms with Crippen LogP contribution in [0.2, 0.25) is 0 Å². The van der Waals surface area contributed by atoms with Gasteiger partial charge < -0.3 is 9.66 Å². The SMILES string of the molecule is O=S([O-])c1nc2ccc(O)cc2s1. The van der Waals surface area contributed by atoms with Crippen molar-refractivity contribution in [3.05, 3.63) is 18.2 Å². The number of benzene rings is 1. The maximum atomic E-state index is 10.5. The molecule has 1 aromatic heterocycles. The molecule has 1 atom stereocenters. The van der Waals surface area contributed by atoms with Gasteiger partial charge >= 0.3 is 0 Å². The summed E-state index contributed by atoms with van der Waals surface area (Å²) in [6, 6.07) is 4.54. The Morgan fingerprint density at radius 1 is 1.54 bits per heavy atom. The van der Waals surface area contributed by atoms with Crippen LogP contribution in [0.1, 0.15) is 0 Å².